The van der Waals surface area contributed by atoms with Crippen LogP contribution in [0.4, 0.5) is 0 Å². The Morgan fingerprint density at radius 3 is 2.47 bits per heavy atom. The van der Waals surface area contributed by atoms with Crippen molar-refractivity contribution in [3.8, 4) is 0 Å². The van der Waals surface area contributed by atoms with Gasteiger partial charge in [0.15, 0.2) is 0 Å². The van der Waals surface area contributed by atoms with Gasteiger partial charge >= 0.3 is 0 Å². The van der Waals surface area contributed by atoms with Crippen molar-refractivity contribution in [1.82, 2.24) is 10.2 Å². The predicted octanol–water partition coefficient (Wildman–Crippen LogP) is 1.64. The van der Waals surface area contributed by atoms with Gasteiger partial charge in [0.25, 0.3) is 0 Å². The number of thioether (sulfide) groups is 1. The van der Waals surface area contributed by atoms with Crippen molar-refractivity contribution in [3.05, 3.63) is 0 Å². The van der Waals surface area contributed by atoms with Crippen molar-refractivity contribution in [2.75, 3.05) is 12.8 Å². The molecule has 19 heavy (non-hydrogen) atoms. The van der Waals surface area contributed by atoms with E-state index in [1.54, 1.807) is 6.92 Å². The van der Waals surface area contributed by atoms with Crippen LogP contribution in [0.25, 0.3) is 0 Å². The van der Waals surface area contributed by atoms with Crippen molar-refractivity contribution in [3.63, 3.8) is 0 Å². The molecule has 2 atom stereocenters. The Bertz CT molecular complexity index is 374. The third-order valence-corrected chi connectivity index (χ3v) is 5.81. The molecular weight excluding hydrogens is 260 g/mol. The molecule has 1 saturated heterocycles. The fraction of sp³-hybridized carbons (Fsp3) is 0.857. The standard InChI is InChI=1S/C14H24N2O2S/c1-9(2)11-12(17)15-10(3)13(18)16(11)8-14(19-4)6-5-7-14/h9-11H,5-8H2,1-4H3,(H,15,17). The molecule has 1 aliphatic heterocycles. The van der Waals surface area contributed by atoms with Crippen molar-refractivity contribution in [2.24, 2.45) is 5.92 Å². The molecule has 4 nitrogen and oxygen atoms in total. The zero-order valence-electron chi connectivity index (χ0n) is 12.2. The molecule has 108 valence electrons. The number of rotatable bonds is 4. The van der Waals surface area contributed by atoms with Crippen LogP contribution in [-0.2, 0) is 9.59 Å². The van der Waals surface area contributed by atoms with Crippen LogP contribution in [-0.4, -0.2) is 46.3 Å². The van der Waals surface area contributed by atoms with Crippen molar-refractivity contribution < 1.29 is 9.59 Å². The Balaban J connectivity index is 2.21. The summed E-state index contributed by atoms with van der Waals surface area (Å²) in [4.78, 5) is 26.4. The van der Waals surface area contributed by atoms with Crippen LogP contribution >= 0.6 is 11.8 Å². The lowest BCUT2D eigenvalue weighted by atomic mass is 9.82. The first-order chi connectivity index (χ1) is 8.90. The average molecular weight is 284 g/mol. The Morgan fingerprint density at radius 2 is 2.05 bits per heavy atom. The van der Waals surface area contributed by atoms with Gasteiger partial charge in [-0.3, -0.25) is 9.59 Å². The number of amides is 2. The van der Waals surface area contributed by atoms with Crippen LogP contribution in [0.3, 0.4) is 0 Å². The molecular formula is C14H24N2O2S. The lowest BCUT2D eigenvalue weighted by molar-refractivity contribution is -0.151. The number of hydrogen-bond donors (Lipinski definition) is 1. The highest BCUT2D eigenvalue weighted by atomic mass is 32.2. The first-order valence-corrected chi connectivity index (χ1v) is 8.29. The highest BCUT2D eigenvalue weighted by Gasteiger charge is 2.46. The molecule has 1 saturated carbocycles. The minimum Gasteiger partial charge on any atom is -0.343 e. The Hall–Kier alpha value is -0.710. The van der Waals surface area contributed by atoms with Gasteiger partial charge in [-0.25, -0.2) is 0 Å². The van der Waals surface area contributed by atoms with Crippen LogP contribution in [0.2, 0.25) is 0 Å². The third-order valence-electron chi connectivity index (χ3n) is 4.40. The molecule has 5 heteroatoms. The van der Waals surface area contributed by atoms with E-state index in [-0.39, 0.29) is 34.6 Å². The molecule has 2 unspecified atom stereocenters. The van der Waals surface area contributed by atoms with E-state index in [1.807, 2.05) is 30.5 Å². The van der Waals surface area contributed by atoms with E-state index < -0.39 is 0 Å². The summed E-state index contributed by atoms with van der Waals surface area (Å²) < 4.78 is 0.181. The Labute approximate surface area is 119 Å². The molecule has 0 spiro atoms. The summed E-state index contributed by atoms with van der Waals surface area (Å²) in [5.41, 5.74) is 0. The van der Waals surface area contributed by atoms with Gasteiger partial charge in [-0.1, -0.05) is 20.3 Å². The van der Waals surface area contributed by atoms with Gasteiger partial charge < -0.3 is 10.2 Å². The summed E-state index contributed by atoms with van der Waals surface area (Å²) in [5.74, 6) is 0.215. The molecule has 0 aromatic heterocycles. The van der Waals surface area contributed by atoms with E-state index in [9.17, 15) is 9.59 Å². The van der Waals surface area contributed by atoms with Crippen molar-refractivity contribution >= 4 is 23.6 Å². The van der Waals surface area contributed by atoms with Crippen LogP contribution in [0, 0.1) is 5.92 Å². The second-order valence-electron chi connectivity index (χ2n) is 6.13. The number of hydrogen-bond acceptors (Lipinski definition) is 3. The molecule has 1 aliphatic carbocycles. The lowest BCUT2D eigenvalue weighted by Crippen LogP contribution is -2.66. The maximum Gasteiger partial charge on any atom is 0.245 e. The second kappa shape index (κ2) is 5.35. The van der Waals surface area contributed by atoms with Gasteiger partial charge in [0.1, 0.15) is 12.1 Å². The smallest absolute Gasteiger partial charge is 0.245 e. The van der Waals surface area contributed by atoms with Gasteiger partial charge in [-0.2, -0.15) is 11.8 Å². The molecule has 0 radical (unpaired) electrons. The minimum atomic E-state index is -0.388. The zero-order chi connectivity index (χ0) is 14.2. The molecule has 2 fully saturated rings. The van der Waals surface area contributed by atoms with Crippen LogP contribution in [0.1, 0.15) is 40.0 Å². The number of carbonyl (C=O) groups is 2. The monoisotopic (exact) mass is 284 g/mol. The maximum atomic E-state index is 12.4. The summed E-state index contributed by atoms with van der Waals surface area (Å²) in [6.45, 7) is 6.50. The molecule has 1 heterocycles. The topological polar surface area (TPSA) is 49.4 Å². The SMILES string of the molecule is CSC1(CN2C(=O)C(C)NC(=O)C2C(C)C)CCC1. The number of nitrogens with zero attached hydrogens (tertiary/aromatic N) is 1. The van der Waals surface area contributed by atoms with E-state index in [0.29, 0.717) is 6.54 Å². The molecule has 0 aromatic carbocycles. The molecule has 0 bridgehead atoms. The maximum absolute atomic E-state index is 12.4. The highest BCUT2D eigenvalue weighted by molar-refractivity contribution is 8.00. The molecule has 2 rings (SSSR count). The van der Waals surface area contributed by atoms with Crippen LogP contribution in [0.15, 0.2) is 0 Å². The van der Waals surface area contributed by atoms with E-state index in [4.69, 9.17) is 0 Å². The van der Waals surface area contributed by atoms with E-state index in [2.05, 4.69) is 11.6 Å². The van der Waals surface area contributed by atoms with Gasteiger partial charge in [0.05, 0.1) is 0 Å². The van der Waals surface area contributed by atoms with E-state index in [0.717, 1.165) is 12.8 Å². The summed E-state index contributed by atoms with van der Waals surface area (Å²) >= 11 is 1.85. The average Bonchev–Trinajstić information content (AvgIpc) is 2.29. The van der Waals surface area contributed by atoms with Gasteiger partial charge in [0.2, 0.25) is 11.8 Å². The first kappa shape index (κ1) is 14.7. The molecule has 1 N–H and O–H groups in total. The quantitative estimate of drug-likeness (QED) is 0.854. The van der Waals surface area contributed by atoms with Gasteiger partial charge in [-0.15, -0.1) is 0 Å². The fourth-order valence-electron chi connectivity index (χ4n) is 3.04. The Morgan fingerprint density at radius 1 is 1.42 bits per heavy atom. The van der Waals surface area contributed by atoms with E-state index >= 15 is 0 Å². The van der Waals surface area contributed by atoms with Crippen molar-refractivity contribution in [1.29, 1.82) is 0 Å². The van der Waals surface area contributed by atoms with Gasteiger partial charge in [-0.05, 0) is 31.9 Å². The first-order valence-electron chi connectivity index (χ1n) is 7.06. The second-order valence-corrected chi connectivity index (χ2v) is 7.40. The Kier molecular flexibility index (Phi) is 4.14. The largest absolute Gasteiger partial charge is 0.343 e. The lowest BCUT2D eigenvalue weighted by Gasteiger charge is -2.48. The normalized spacial score (nSPS) is 30.3. The number of piperazine rings is 1. The third kappa shape index (κ3) is 2.62. The van der Waals surface area contributed by atoms with Crippen LogP contribution < -0.4 is 5.32 Å². The van der Waals surface area contributed by atoms with E-state index in [1.165, 1.54) is 6.42 Å². The fourth-order valence-corrected chi connectivity index (χ4v) is 4.00. The minimum absolute atomic E-state index is 0.00215. The summed E-state index contributed by atoms with van der Waals surface area (Å²) in [7, 11) is 0. The van der Waals surface area contributed by atoms with Gasteiger partial charge in [0, 0.05) is 11.3 Å². The summed E-state index contributed by atoms with van der Waals surface area (Å²) in [6, 6.07) is -0.699. The number of carbonyl (C=O) groups excluding carboxylic acids is 2. The molecule has 2 aliphatic rings. The highest BCUT2D eigenvalue weighted by Crippen LogP contribution is 2.44. The number of nitrogens with one attached hydrogen (secondary N) is 1. The molecule has 0 aromatic rings. The zero-order valence-corrected chi connectivity index (χ0v) is 13.0. The summed E-state index contributed by atoms with van der Waals surface area (Å²) in [6.07, 6.45) is 5.65. The molecule has 2 amide bonds. The van der Waals surface area contributed by atoms with Crippen LogP contribution in [0.5, 0.6) is 0 Å². The van der Waals surface area contributed by atoms with Crippen molar-refractivity contribution in [2.45, 2.75) is 56.9 Å². The predicted molar refractivity (Wildman–Crippen MR) is 78.0 cm³/mol. The summed E-state index contributed by atoms with van der Waals surface area (Å²) in [5, 5.41) is 2.79.